The summed E-state index contributed by atoms with van der Waals surface area (Å²) in [5.41, 5.74) is 1.03. The SMILES string of the molecule is O=C(Nc1nc2c(s1)CCCC2)[C@@H]1CSc2nccc(=O)n2C1. The van der Waals surface area contributed by atoms with Gasteiger partial charge in [0, 0.05) is 29.4 Å². The maximum absolute atomic E-state index is 12.5. The monoisotopic (exact) mass is 348 g/mol. The van der Waals surface area contributed by atoms with E-state index in [0.717, 1.165) is 18.5 Å². The number of nitrogens with one attached hydrogen (secondary N) is 1. The molecule has 2 aromatic rings. The molecule has 23 heavy (non-hydrogen) atoms. The molecule has 0 saturated heterocycles. The second-order valence-electron chi connectivity index (χ2n) is 5.77. The number of nitrogens with zero attached hydrogens (tertiary/aromatic N) is 3. The summed E-state index contributed by atoms with van der Waals surface area (Å²) in [6, 6.07) is 1.43. The molecule has 120 valence electrons. The van der Waals surface area contributed by atoms with Crippen molar-refractivity contribution < 1.29 is 4.79 Å². The molecule has 1 atom stereocenters. The minimum atomic E-state index is -0.240. The van der Waals surface area contributed by atoms with Crippen molar-refractivity contribution in [2.75, 3.05) is 11.1 Å². The average Bonchev–Trinajstić information content (AvgIpc) is 2.97. The van der Waals surface area contributed by atoms with E-state index in [1.165, 1.54) is 41.7 Å². The number of amides is 1. The Morgan fingerprint density at radius 3 is 3.09 bits per heavy atom. The van der Waals surface area contributed by atoms with Crippen LogP contribution in [0.25, 0.3) is 0 Å². The van der Waals surface area contributed by atoms with Crippen molar-refractivity contribution in [3.63, 3.8) is 0 Å². The molecule has 0 radical (unpaired) electrons. The first kappa shape index (κ1) is 14.9. The first-order chi connectivity index (χ1) is 11.2. The van der Waals surface area contributed by atoms with Gasteiger partial charge in [-0.1, -0.05) is 11.8 Å². The highest BCUT2D eigenvalue weighted by Crippen LogP contribution is 2.31. The zero-order valence-corrected chi connectivity index (χ0v) is 14.1. The fraction of sp³-hybridized carbons (Fsp3) is 0.467. The van der Waals surface area contributed by atoms with Crippen LogP contribution in [0, 0.1) is 5.92 Å². The van der Waals surface area contributed by atoms with E-state index in [1.54, 1.807) is 15.9 Å². The summed E-state index contributed by atoms with van der Waals surface area (Å²) in [5, 5.41) is 4.32. The van der Waals surface area contributed by atoms with Gasteiger partial charge in [-0.05, 0) is 25.7 Å². The third kappa shape index (κ3) is 2.92. The Morgan fingerprint density at radius 1 is 1.35 bits per heavy atom. The van der Waals surface area contributed by atoms with Gasteiger partial charge in [0.25, 0.3) is 5.56 Å². The lowest BCUT2D eigenvalue weighted by atomic mass is 10.0. The number of rotatable bonds is 2. The quantitative estimate of drug-likeness (QED) is 0.839. The number of aromatic nitrogens is 3. The van der Waals surface area contributed by atoms with Crippen molar-refractivity contribution in [1.82, 2.24) is 14.5 Å². The number of hydrogen-bond acceptors (Lipinski definition) is 6. The number of carbonyl (C=O) groups is 1. The van der Waals surface area contributed by atoms with E-state index in [4.69, 9.17) is 0 Å². The summed E-state index contributed by atoms with van der Waals surface area (Å²) >= 11 is 3.04. The third-order valence-electron chi connectivity index (χ3n) is 4.16. The number of anilines is 1. The Bertz CT molecular complexity index is 791. The summed E-state index contributed by atoms with van der Waals surface area (Å²) in [5.74, 6) is 0.327. The Hall–Kier alpha value is -1.67. The molecule has 0 fully saturated rings. The average molecular weight is 348 g/mol. The van der Waals surface area contributed by atoms with Crippen molar-refractivity contribution in [3.05, 3.63) is 33.2 Å². The lowest BCUT2D eigenvalue weighted by molar-refractivity contribution is -0.119. The molecule has 1 N–H and O–H groups in total. The van der Waals surface area contributed by atoms with Gasteiger partial charge in [-0.15, -0.1) is 11.3 Å². The molecule has 1 aliphatic heterocycles. The molecule has 0 unspecified atom stereocenters. The standard InChI is InChI=1S/C15H16N4O2S2/c20-12-5-6-16-15-19(12)7-9(8-22-15)13(21)18-14-17-10-3-1-2-4-11(10)23-14/h5-6,9H,1-4,7-8H2,(H,17,18,21)/t9-/m0/s1. The van der Waals surface area contributed by atoms with Gasteiger partial charge in [0.1, 0.15) is 0 Å². The fourth-order valence-corrected chi connectivity index (χ4v) is 5.04. The molecular weight excluding hydrogens is 332 g/mol. The second kappa shape index (κ2) is 6.09. The van der Waals surface area contributed by atoms with Crippen molar-refractivity contribution in [2.24, 2.45) is 5.92 Å². The molecule has 1 amide bonds. The number of thioether (sulfide) groups is 1. The Morgan fingerprint density at radius 2 is 2.22 bits per heavy atom. The molecule has 0 saturated carbocycles. The van der Waals surface area contributed by atoms with E-state index in [1.807, 2.05) is 0 Å². The topological polar surface area (TPSA) is 76.9 Å². The number of thiazole rings is 1. The van der Waals surface area contributed by atoms with Gasteiger partial charge in [-0.25, -0.2) is 9.97 Å². The molecule has 2 aliphatic rings. The van der Waals surface area contributed by atoms with Gasteiger partial charge in [-0.3, -0.25) is 14.2 Å². The lowest BCUT2D eigenvalue weighted by Crippen LogP contribution is -2.36. The van der Waals surface area contributed by atoms with E-state index in [-0.39, 0.29) is 17.4 Å². The van der Waals surface area contributed by atoms with Crippen LogP contribution in [0.15, 0.2) is 22.2 Å². The summed E-state index contributed by atoms with van der Waals surface area (Å²) in [4.78, 5) is 34.4. The minimum absolute atomic E-state index is 0.0648. The molecule has 4 rings (SSSR count). The van der Waals surface area contributed by atoms with Crippen LogP contribution in [-0.4, -0.2) is 26.2 Å². The van der Waals surface area contributed by atoms with Crippen LogP contribution >= 0.6 is 23.1 Å². The number of aryl methyl sites for hydroxylation is 2. The zero-order valence-electron chi connectivity index (χ0n) is 12.4. The molecule has 8 heteroatoms. The van der Waals surface area contributed by atoms with Crippen LogP contribution in [0.5, 0.6) is 0 Å². The first-order valence-corrected chi connectivity index (χ1v) is 9.49. The second-order valence-corrected chi connectivity index (χ2v) is 7.84. The van der Waals surface area contributed by atoms with Crippen LogP contribution in [0.2, 0.25) is 0 Å². The van der Waals surface area contributed by atoms with Crippen LogP contribution in [0.1, 0.15) is 23.4 Å². The maximum atomic E-state index is 12.5. The molecule has 1 aliphatic carbocycles. The summed E-state index contributed by atoms with van der Waals surface area (Å²) in [6.07, 6.45) is 5.97. The van der Waals surface area contributed by atoms with Gasteiger partial charge < -0.3 is 5.32 Å². The van der Waals surface area contributed by atoms with E-state index in [9.17, 15) is 9.59 Å². The normalized spacial score (nSPS) is 19.7. The molecule has 0 bridgehead atoms. The number of fused-ring (bicyclic) bond motifs is 2. The predicted molar refractivity (Wildman–Crippen MR) is 90.1 cm³/mol. The van der Waals surface area contributed by atoms with Gasteiger partial charge in [0.2, 0.25) is 5.91 Å². The fourth-order valence-electron chi connectivity index (χ4n) is 2.92. The van der Waals surface area contributed by atoms with Crippen molar-refractivity contribution >= 4 is 34.1 Å². The number of carbonyl (C=O) groups excluding carboxylic acids is 1. The van der Waals surface area contributed by atoms with Gasteiger partial charge in [0.15, 0.2) is 10.3 Å². The molecule has 0 spiro atoms. The highest BCUT2D eigenvalue weighted by atomic mass is 32.2. The van der Waals surface area contributed by atoms with Crippen molar-refractivity contribution in [3.8, 4) is 0 Å². The highest BCUT2D eigenvalue weighted by Gasteiger charge is 2.27. The molecule has 3 heterocycles. The van der Waals surface area contributed by atoms with Crippen LogP contribution in [0.4, 0.5) is 5.13 Å². The van der Waals surface area contributed by atoms with Crippen LogP contribution in [0.3, 0.4) is 0 Å². The van der Waals surface area contributed by atoms with E-state index in [2.05, 4.69) is 15.3 Å². The highest BCUT2D eigenvalue weighted by molar-refractivity contribution is 7.99. The molecule has 0 aromatic carbocycles. The summed E-state index contributed by atoms with van der Waals surface area (Å²) in [7, 11) is 0. The predicted octanol–water partition coefficient (Wildman–Crippen LogP) is 1.94. The zero-order chi connectivity index (χ0) is 15.8. The largest absolute Gasteiger partial charge is 0.302 e. The van der Waals surface area contributed by atoms with Crippen molar-refractivity contribution in [1.29, 1.82) is 0 Å². The van der Waals surface area contributed by atoms with E-state index >= 15 is 0 Å². The molecular formula is C15H16N4O2S2. The van der Waals surface area contributed by atoms with Crippen LogP contribution < -0.4 is 10.9 Å². The molecule has 2 aromatic heterocycles. The van der Waals surface area contributed by atoms with Gasteiger partial charge in [-0.2, -0.15) is 0 Å². The Kier molecular flexibility index (Phi) is 3.94. The van der Waals surface area contributed by atoms with Crippen LogP contribution in [-0.2, 0) is 24.2 Å². The summed E-state index contributed by atoms with van der Waals surface area (Å²) < 4.78 is 1.57. The first-order valence-electron chi connectivity index (χ1n) is 7.69. The summed E-state index contributed by atoms with van der Waals surface area (Å²) in [6.45, 7) is 0.381. The van der Waals surface area contributed by atoms with E-state index in [0.29, 0.717) is 22.6 Å². The van der Waals surface area contributed by atoms with Crippen molar-refractivity contribution in [2.45, 2.75) is 37.4 Å². The van der Waals surface area contributed by atoms with E-state index < -0.39 is 0 Å². The smallest absolute Gasteiger partial charge is 0.254 e. The van der Waals surface area contributed by atoms with Gasteiger partial charge in [0.05, 0.1) is 11.6 Å². The van der Waals surface area contributed by atoms with Gasteiger partial charge >= 0.3 is 0 Å². The Balaban J connectivity index is 1.49. The Labute approximate surface area is 141 Å². The molecule has 6 nitrogen and oxygen atoms in total. The number of hydrogen-bond donors (Lipinski definition) is 1. The minimum Gasteiger partial charge on any atom is -0.302 e. The lowest BCUT2D eigenvalue weighted by Gasteiger charge is -2.23. The third-order valence-corrected chi connectivity index (χ3v) is 6.39. The maximum Gasteiger partial charge on any atom is 0.254 e.